The fraction of sp³-hybridized carbons (Fsp3) is 0.158. The number of methoxy groups -OCH3 is 1. The molecule has 27 heavy (non-hydrogen) atoms. The van der Waals surface area contributed by atoms with Gasteiger partial charge in [-0.05, 0) is 48.4 Å². The molecule has 0 aliphatic heterocycles. The van der Waals surface area contributed by atoms with Crippen LogP contribution in [-0.2, 0) is 6.42 Å². The van der Waals surface area contributed by atoms with Crippen molar-refractivity contribution in [1.29, 1.82) is 0 Å². The Bertz CT molecular complexity index is 1050. The van der Waals surface area contributed by atoms with Crippen molar-refractivity contribution in [3.8, 4) is 34.4 Å². The van der Waals surface area contributed by atoms with Crippen LogP contribution in [0.1, 0.15) is 12.5 Å². The van der Waals surface area contributed by atoms with Gasteiger partial charge in [0.05, 0.1) is 12.8 Å². The Morgan fingerprint density at radius 3 is 2.48 bits per heavy atom. The number of hydrogen-bond acceptors (Lipinski definition) is 7. The minimum atomic E-state index is 0.217. The van der Waals surface area contributed by atoms with Gasteiger partial charge in [0.2, 0.25) is 5.82 Å². The van der Waals surface area contributed by atoms with Crippen molar-refractivity contribution in [3.05, 3.63) is 54.1 Å². The van der Waals surface area contributed by atoms with E-state index in [1.807, 2.05) is 48.5 Å². The zero-order chi connectivity index (χ0) is 18.8. The SMILES string of the molecule is CCc1ccc(-n2nnc(-c3nc(-c4ccc(OC)cc4)no3)c2N)cc1. The minimum absolute atomic E-state index is 0.217. The van der Waals surface area contributed by atoms with Crippen molar-refractivity contribution in [3.63, 3.8) is 0 Å². The molecule has 0 atom stereocenters. The van der Waals surface area contributed by atoms with Crippen molar-refractivity contribution in [2.24, 2.45) is 0 Å². The molecule has 0 fully saturated rings. The van der Waals surface area contributed by atoms with Crippen molar-refractivity contribution in [2.45, 2.75) is 13.3 Å². The van der Waals surface area contributed by atoms with Crippen LogP contribution in [0.3, 0.4) is 0 Å². The zero-order valence-electron chi connectivity index (χ0n) is 15.0. The van der Waals surface area contributed by atoms with Crippen LogP contribution in [0.15, 0.2) is 53.1 Å². The van der Waals surface area contributed by atoms with Crippen LogP contribution in [0.25, 0.3) is 28.7 Å². The van der Waals surface area contributed by atoms with E-state index in [1.54, 1.807) is 11.8 Å². The van der Waals surface area contributed by atoms with Crippen LogP contribution in [-0.4, -0.2) is 32.2 Å². The summed E-state index contributed by atoms with van der Waals surface area (Å²) in [7, 11) is 1.61. The number of aryl methyl sites for hydroxylation is 1. The molecule has 8 heteroatoms. The summed E-state index contributed by atoms with van der Waals surface area (Å²) in [5, 5.41) is 12.2. The average molecular weight is 362 g/mol. The van der Waals surface area contributed by atoms with E-state index in [0.29, 0.717) is 17.3 Å². The smallest absolute Gasteiger partial charge is 0.282 e. The lowest BCUT2D eigenvalue weighted by atomic mass is 10.1. The van der Waals surface area contributed by atoms with Crippen LogP contribution in [0.4, 0.5) is 5.82 Å². The zero-order valence-corrected chi connectivity index (χ0v) is 15.0. The molecule has 8 nitrogen and oxygen atoms in total. The molecule has 2 aromatic carbocycles. The molecule has 0 aliphatic rings. The van der Waals surface area contributed by atoms with Crippen molar-refractivity contribution >= 4 is 5.82 Å². The number of benzene rings is 2. The van der Waals surface area contributed by atoms with Crippen LogP contribution in [0.5, 0.6) is 5.75 Å². The molecule has 4 rings (SSSR count). The van der Waals surface area contributed by atoms with Gasteiger partial charge in [0.15, 0.2) is 11.5 Å². The molecule has 2 aromatic heterocycles. The molecule has 136 valence electrons. The molecule has 0 saturated carbocycles. The molecule has 0 unspecified atom stereocenters. The van der Waals surface area contributed by atoms with Crippen LogP contribution >= 0.6 is 0 Å². The Kier molecular flexibility index (Phi) is 4.29. The first-order valence-electron chi connectivity index (χ1n) is 8.48. The number of nitrogen functional groups attached to an aromatic ring is 1. The molecule has 0 amide bonds. The van der Waals surface area contributed by atoms with E-state index >= 15 is 0 Å². The van der Waals surface area contributed by atoms with E-state index in [0.717, 1.165) is 23.4 Å². The fourth-order valence-electron chi connectivity index (χ4n) is 2.68. The van der Waals surface area contributed by atoms with Gasteiger partial charge in [-0.2, -0.15) is 9.67 Å². The molecular formula is C19H18N6O2. The average Bonchev–Trinajstić information content (AvgIpc) is 3.35. The first kappa shape index (κ1) is 16.8. The Labute approximate surface area is 155 Å². The topological polar surface area (TPSA) is 105 Å². The van der Waals surface area contributed by atoms with Gasteiger partial charge >= 0.3 is 0 Å². The second-order valence-corrected chi connectivity index (χ2v) is 5.91. The highest BCUT2D eigenvalue weighted by molar-refractivity contribution is 5.66. The third-order valence-corrected chi connectivity index (χ3v) is 4.27. The second kappa shape index (κ2) is 6.91. The molecule has 0 bridgehead atoms. The number of ether oxygens (including phenoxy) is 1. The van der Waals surface area contributed by atoms with Gasteiger partial charge in [-0.3, -0.25) is 0 Å². The maximum atomic E-state index is 6.22. The number of rotatable bonds is 5. The molecule has 0 saturated heterocycles. The summed E-state index contributed by atoms with van der Waals surface area (Å²) in [5.74, 6) is 1.75. The highest BCUT2D eigenvalue weighted by Crippen LogP contribution is 2.27. The first-order chi connectivity index (χ1) is 13.2. The predicted molar refractivity (Wildman–Crippen MR) is 100 cm³/mol. The normalized spacial score (nSPS) is 10.9. The van der Waals surface area contributed by atoms with E-state index in [2.05, 4.69) is 27.4 Å². The quantitative estimate of drug-likeness (QED) is 0.581. The van der Waals surface area contributed by atoms with Gasteiger partial charge in [0.1, 0.15) is 5.75 Å². The van der Waals surface area contributed by atoms with Gasteiger partial charge < -0.3 is 15.0 Å². The summed E-state index contributed by atoms with van der Waals surface area (Å²) in [5.41, 5.74) is 9.42. The van der Waals surface area contributed by atoms with E-state index < -0.39 is 0 Å². The van der Waals surface area contributed by atoms with Crippen LogP contribution in [0.2, 0.25) is 0 Å². The van der Waals surface area contributed by atoms with E-state index in [1.165, 1.54) is 5.56 Å². The van der Waals surface area contributed by atoms with Gasteiger partial charge in [-0.15, -0.1) is 5.10 Å². The summed E-state index contributed by atoms with van der Waals surface area (Å²) < 4.78 is 12.0. The highest BCUT2D eigenvalue weighted by atomic mass is 16.5. The third-order valence-electron chi connectivity index (χ3n) is 4.27. The standard InChI is InChI=1S/C19H18N6O2/c1-3-12-4-8-14(9-5-12)25-17(20)16(22-24-25)19-21-18(23-27-19)13-6-10-15(26-2)11-7-13/h4-11H,3,20H2,1-2H3. The van der Waals surface area contributed by atoms with Crippen LogP contribution < -0.4 is 10.5 Å². The maximum Gasteiger partial charge on any atom is 0.282 e. The van der Waals surface area contributed by atoms with Gasteiger partial charge in [0.25, 0.3) is 5.89 Å². The summed E-state index contributed by atoms with van der Waals surface area (Å²) in [4.78, 5) is 4.39. The molecule has 4 aromatic rings. The number of anilines is 1. The van der Waals surface area contributed by atoms with E-state index in [4.69, 9.17) is 15.0 Å². The Balaban J connectivity index is 1.64. The Morgan fingerprint density at radius 1 is 1.07 bits per heavy atom. The highest BCUT2D eigenvalue weighted by Gasteiger charge is 2.19. The van der Waals surface area contributed by atoms with Crippen molar-refractivity contribution < 1.29 is 9.26 Å². The third kappa shape index (κ3) is 3.12. The second-order valence-electron chi connectivity index (χ2n) is 5.91. The summed E-state index contributed by atoms with van der Waals surface area (Å²) in [6.07, 6.45) is 0.967. The predicted octanol–water partition coefficient (Wildman–Crippen LogP) is 3.14. The molecule has 0 aliphatic carbocycles. The fourth-order valence-corrected chi connectivity index (χ4v) is 2.68. The molecule has 0 spiro atoms. The Hall–Kier alpha value is -3.68. The van der Waals surface area contributed by atoms with Crippen LogP contribution in [0, 0.1) is 0 Å². The number of nitrogens with two attached hydrogens (primary N) is 1. The maximum absolute atomic E-state index is 6.22. The summed E-state index contributed by atoms with van der Waals surface area (Å²) >= 11 is 0. The molecule has 0 radical (unpaired) electrons. The van der Waals surface area contributed by atoms with Gasteiger partial charge in [-0.25, -0.2) is 0 Å². The lowest BCUT2D eigenvalue weighted by Gasteiger charge is -2.03. The molecule has 2 heterocycles. The number of nitrogens with zero attached hydrogens (tertiary/aromatic N) is 5. The lowest BCUT2D eigenvalue weighted by molar-refractivity contribution is 0.414. The Morgan fingerprint density at radius 2 is 1.81 bits per heavy atom. The first-order valence-corrected chi connectivity index (χ1v) is 8.48. The monoisotopic (exact) mass is 362 g/mol. The minimum Gasteiger partial charge on any atom is -0.497 e. The van der Waals surface area contributed by atoms with Gasteiger partial charge in [-0.1, -0.05) is 29.4 Å². The van der Waals surface area contributed by atoms with E-state index in [-0.39, 0.29) is 5.89 Å². The van der Waals surface area contributed by atoms with Crippen molar-refractivity contribution in [1.82, 2.24) is 25.1 Å². The summed E-state index contributed by atoms with van der Waals surface area (Å²) in [6, 6.07) is 15.3. The van der Waals surface area contributed by atoms with E-state index in [9.17, 15) is 0 Å². The number of hydrogen-bond donors (Lipinski definition) is 1. The lowest BCUT2D eigenvalue weighted by Crippen LogP contribution is -2.02. The molecular weight excluding hydrogens is 344 g/mol. The number of aromatic nitrogens is 5. The molecule has 2 N–H and O–H groups in total. The van der Waals surface area contributed by atoms with Gasteiger partial charge in [0, 0.05) is 5.56 Å². The summed E-state index contributed by atoms with van der Waals surface area (Å²) in [6.45, 7) is 2.10. The van der Waals surface area contributed by atoms with Crippen molar-refractivity contribution in [2.75, 3.05) is 12.8 Å². The largest absolute Gasteiger partial charge is 0.497 e.